The summed E-state index contributed by atoms with van der Waals surface area (Å²) in [6, 6.07) is 4.78. The zero-order valence-corrected chi connectivity index (χ0v) is 10.8. The third-order valence-corrected chi connectivity index (χ3v) is 2.97. The van der Waals surface area contributed by atoms with E-state index in [1.54, 1.807) is 36.9 Å². The first-order chi connectivity index (χ1) is 11.2. The summed E-state index contributed by atoms with van der Waals surface area (Å²) < 4.78 is 55.2. The van der Waals surface area contributed by atoms with Crippen molar-refractivity contribution in [2.45, 2.75) is 33.4 Å². The van der Waals surface area contributed by atoms with Crippen LogP contribution in [-0.2, 0) is 7.05 Å². The molecular weight excluding hydrogens is 220 g/mol. The zero-order chi connectivity index (χ0) is 19.2. The summed E-state index contributed by atoms with van der Waals surface area (Å²) in [6.45, 7) is -1.61. The maximum Gasteiger partial charge on any atom is 0.214 e. The van der Waals surface area contributed by atoms with Gasteiger partial charge >= 0.3 is 0 Å². The molecule has 2 aromatic heterocycles. The summed E-state index contributed by atoms with van der Waals surface area (Å²) in [4.78, 5) is 4.04. The lowest BCUT2D eigenvalue weighted by Gasteiger charge is -2.08. The molecule has 0 aliphatic heterocycles. The van der Waals surface area contributed by atoms with Gasteiger partial charge in [0.15, 0.2) is 6.20 Å². The van der Waals surface area contributed by atoms with E-state index in [0.717, 1.165) is 5.56 Å². The topological polar surface area (TPSA) is 16.8 Å². The van der Waals surface area contributed by atoms with Gasteiger partial charge in [-0.2, -0.15) is 0 Å². The van der Waals surface area contributed by atoms with Crippen molar-refractivity contribution in [3.8, 4) is 11.3 Å². The molecule has 0 aliphatic rings. The molecule has 0 spiro atoms. The first kappa shape index (κ1) is 6.46. The van der Waals surface area contributed by atoms with Gasteiger partial charge in [-0.05, 0) is 36.9 Å². The van der Waals surface area contributed by atoms with Crippen LogP contribution in [0.3, 0.4) is 0 Å². The molecule has 0 radical (unpaired) electrons. The maximum absolute atomic E-state index is 8.26. The van der Waals surface area contributed by atoms with E-state index in [0.29, 0.717) is 16.8 Å². The summed E-state index contributed by atoms with van der Waals surface area (Å²) >= 11 is 0. The van der Waals surface area contributed by atoms with Crippen molar-refractivity contribution >= 4 is 0 Å². The van der Waals surface area contributed by atoms with E-state index < -0.39 is 19.6 Å². The molecule has 2 rings (SSSR count). The molecule has 1 atom stereocenters. The van der Waals surface area contributed by atoms with Crippen molar-refractivity contribution in [2.24, 2.45) is 7.05 Å². The minimum Gasteiger partial charge on any atom is -0.261 e. The molecule has 0 N–H and O–H groups in total. The van der Waals surface area contributed by atoms with Gasteiger partial charge in [0.05, 0.1) is 5.56 Å². The first-order valence-corrected chi connectivity index (χ1v) is 5.73. The Bertz CT molecular complexity index is 792. The molecule has 0 amide bonds. The van der Waals surface area contributed by atoms with E-state index in [-0.39, 0.29) is 5.69 Å². The van der Waals surface area contributed by atoms with Crippen molar-refractivity contribution < 1.29 is 14.2 Å². The second kappa shape index (κ2) is 4.89. The maximum atomic E-state index is 8.26. The zero-order valence-electron chi connectivity index (χ0n) is 17.8. The average molecular weight is 248 g/mol. The minimum atomic E-state index is -2.47. The standard InChI is InChI=1S/C16H21N2/c1-11(2)14-6-7-18(5)16(9-14)15-10-17-13(4)8-12(15)3/h6-11H,1-5H3/q+1/i1D3,4D3,11D. The van der Waals surface area contributed by atoms with Crippen LogP contribution in [0.5, 0.6) is 0 Å². The molecule has 0 aromatic carbocycles. The lowest BCUT2D eigenvalue weighted by molar-refractivity contribution is -0.660. The Morgan fingerprint density at radius 1 is 1.44 bits per heavy atom. The van der Waals surface area contributed by atoms with Crippen molar-refractivity contribution in [2.75, 3.05) is 0 Å². The highest BCUT2D eigenvalue weighted by Crippen LogP contribution is 2.23. The van der Waals surface area contributed by atoms with E-state index in [4.69, 9.17) is 9.60 Å². The lowest BCUT2D eigenvalue weighted by Crippen LogP contribution is -2.31. The molecule has 2 nitrogen and oxygen atoms in total. The van der Waals surface area contributed by atoms with Gasteiger partial charge in [0.1, 0.15) is 7.05 Å². The summed E-state index contributed by atoms with van der Waals surface area (Å²) in [7, 11) is 1.80. The van der Waals surface area contributed by atoms with Crippen LogP contribution in [0.1, 0.15) is 46.1 Å². The van der Waals surface area contributed by atoms with Gasteiger partial charge in [-0.3, -0.25) is 4.98 Å². The molecular formula is C16H21N2+. The molecule has 2 heterocycles. The van der Waals surface area contributed by atoms with Crippen LogP contribution in [0.25, 0.3) is 11.3 Å². The molecule has 2 heteroatoms. The number of rotatable bonds is 2. The first-order valence-electron chi connectivity index (χ1n) is 9.23. The van der Waals surface area contributed by atoms with Crippen molar-refractivity contribution in [3.05, 3.63) is 47.4 Å². The Kier molecular flexibility index (Phi) is 1.75. The highest BCUT2D eigenvalue weighted by atomic mass is 14.9. The monoisotopic (exact) mass is 248 g/mol. The fourth-order valence-corrected chi connectivity index (χ4v) is 1.89. The minimum absolute atomic E-state index is 0.0142. The fraction of sp³-hybridized carbons (Fsp3) is 0.375. The van der Waals surface area contributed by atoms with Crippen molar-refractivity contribution in [3.63, 3.8) is 0 Å². The van der Waals surface area contributed by atoms with Gasteiger partial charge in [-0.15, -0.1) is 0 Å². The third kappa shape index (κ3) is 2.42. The largest absolute Gasteiger partial charge is 0.261 e. The summed E-state index contributed by atoms with van der Waals surface area (Å²) in [5.74, 6) is -1.75. The number of hydrogen-bond acceptors (Lipinski definition) is 1. The molecule has 1 unspecified atom stereocenters. The molecule has 94 valence electrons. The van der Waals surface area contributed by atoms with E-state index in [1.807, 2.05) is 0 Å². The number of pyridine rings is 2. The highest BCUT2D eigenvalue weighted by Gasteiger charge is 2.14. The normalized spacial score (nSPS) is 21.4. The molecule has 18 heavy (non-hydrogen) atoms. The third-order valence-electron chi connectivity index (χ3n) is 2.97. The average Bonchev–Trinajstić information content (AvgIpc) is 2.45. The van der Waals surface area contributed by atoms with Crippen molar-refractivity contribution in [1.82, 2.24) is 4.98 Å². The second-order valence-corrected chi connectivity index (χ2v) is 4.42. The predicted octanol–water partition coefficient (Wildman–Crippen LogP) is 3.31. The van der Waals surface area contributed by atoms with Gasteiger partial charge in [-0.1, -0.05) is 13.8 Å². The fourth-order valence-electron chi connectivity index (χ4n) is 1.89. The van der Waals surface area contributed by atoms with Gasteiger partial charge < -0.3 is 0 Å². The Morgan fingerprint density at radius 3 is 2.94 bits per heavy atom. The van der Waals surface area contributed by atoms with E-state index >= 15 is 0 Å². The molecule has 0 bridgehead atoms. The van der Waals surface area contributed by atoms with Crippen LogP contribution in [-0.4, -0.2) is 4.98 Å². The summed E-state index contributed by atoms with van der Waals surface area (Å²) in [5, 5.41) is 0. The Morgan fingerprint density at radius 2 is 2.28 bits per heavy atom. The summed E-state index contributed by atoms with van der Waals surface area (Å²) in [6.07, 6.45) is 3.17. The van der Waals surface area contributed by atoms with Gasteiger partial charge in [0.25, 0.3) is 0 Å². The predicted molar refractivity (Wildman–Crippen MR) is 74.4 cm³/mol. The van der Waals surface area contributed by atoms with E-state index in [9.17, 15) is 0 Å². The molecule has 0 saturated heterocycles. The second-order valence-electron chi connectivity index (χ2n) is 4.42. The molecule has 0 saturated carbocycles. The Labute approximate surface area is 119 Å². The highest BCUT2D eigenvalue weighted by molar-refractivity contribution is 5.60. The van der Waals surface area contributed by atoms with E-state index in [2.05, 4.69) is 4.98 Å². The smallest absolute Gasteiger partial charge is 0.214 e. The van der Waals surface area contributed by atoms with Crippen LogP contribution in [0.15, 0.2) is 30.6 Å². The van der Waals surface area contributed by atoms with Crippen LogP contribution >= 0.6 is 0 Å². The quantitative estimate of drug-likeness (QED) is 0.745. The Hall–Kier alpha value is -1.70. The van der Waals surface area contributed by atoms with Crippen LogP contribution in [0.2, 0.25) is 0 Å². The SMILES string of the molecule is [2H]C([2H])([2H])c1cc(C)c(-c2cc(C([2H])(C)C([2H])([2H])[2H])cc[n+]2C)cn1. The Balaban J connectivity index is 2.60. The lowest BCUT2D eigenvalue weighted by atomic mass is 10.00. The number of aryl methyl sites for hydroxylation is 3. The van der Waals surface area contributed by atoms with Gasteiger partial charge in [0.2, 0.25) is 5.69 Å². The number of aromatic nitrogens is 2. The van der Waals surface area contributed by atoms with Gasteiger partial charge in [-0.25, -0.2) is 4.57 Å². The van der Waals surface area contributed by atoms with Crippen LogP contribution in [0.4, 0.5) is 0 Å². The number of nitrogens with zero attached hydrogens (tertiary/aromatic N) is 2. The number of hydrogen-bond donors (Lipinski definition) is 0. The van der Waals surface area contributed by atoms with Crippen molar-refractivity contribution in [1.29, 1.82) is 0 Å². The van der Waals surface area contributed by atoms with Crippen LogP contribution < -0.4 is 4.57 Å². The molecule has 2 aromatic rings. The molecule has 0 aliphatic carbocycles. The van der Waals surface area contributed by atoms with E-state index in [1.165, 1.54) is 19.2 Å². The summed E-state index contributed by atoms with van der Waals surface area (Å²) in [5.41, 5.74) is 2.45. The van der Waals surface area contributed by atoms with Crippen LogP contribution in [0, 0.1) is 13.8 Å². The van der Waals surface area contributed by atoms with Gasteiger partial charge in [0, 0.05) is 33.6 Å². The molecule has 0 fully saturated rings.